The maximum Gasteiger partial charge on any atom is 0.250 e. The van der Waals surface area contributed by atoms with Gasteiger partial charge in [-0.05, 0) is 205 Å². The topological polar surface area (TPSA) is 193 Å². The molecule has 0 spiro atoms. The number of amides is 2. The van der Waals surface area contributed by atoms with Gasteiger partial charge in [-0.2, -0.15) is 20.4 Å². The average molecular weight is 1360 g/mol. The fourth-order valence-electron chi connectivity index (χ4n) is 11.8. The molecule has 4 heterocycles. The van der Waals surface area contributed by atoms with Gasteiger partial charge in [-0.25, -0.2) is 4.39 Å². The van der Waals surface area contributed by atoms with Crippen molar-refractivity contribution in [1.82, 2.24) is 60.0 Å². The monoisotopic (exact) mass is 1360 g/mol. The van der Waals surface area contributed by atoms with Crippen molar-refractivity contribution in [2.45, 2.75) is 164 Å². The zero-order valence-electron chi connectivity index (χ0n) is 61.2. The number of unbranched alkanes of at least 4 members (excludes halogenated alkanes) is 3. The minimum atomic E-state index is -0.374. The van der Waals surface area contributed by atoms with E-state index in [9.17, 15) is 14.0 Å². The molecule has 4 aromatic heterocycles. The zero-order chi connectivity index (χ0) is 71.8. The van der Waals surface area contributed by atoms with E-state index in [0.29, 0.717) is 17.4 Å². The van der Waals surface area contributed by atoms with Crippen molar-refractivity contribution in [3.63, 3.8) is 0 Å². The molecular weight excluding hydrogens is 1250 g/mol. The quantitative estimate of drug-likeness (QED) is 0.0251. The normalized spacial score (nSPS) is 12.2. The summed E-state index contributed by atoms with van der Waals surface area (Å²) in [7, 11) is 8.56. The van der Waals surface area contributed by atoms with Crippen molar-refractivity contribution < 1.29 is 23.5 Å². The number of aromatic nitrogens is 8. The van der Waals surface area contributed by atoms with Gasteiger partial charge in [0, 0.05) is 93.8 Å². The molecule has 1 saturated carbocycles. The minimum absolute atomic E-state index is 0.170. The fourth-order valence-corrected chi connectivity index (χ4v) is 11.8. The molecule has 0 unspecified atom stereocenters. The number of nitrogens with zero attached hydrogens (tertiary/aromatic N) is 9. The molecule has 1 aliphatic rings. The summed E-state index contributed by atoms with van der Waals surface area (Å²) in [5, 5.41) is 32.5. The van der Waals surface area contributed by atoms with Crippen LogP contribution in [0.4, 0.5) is 15.8 Å². The first kappa shape index (κ1) is 78.1. The first-order chi connectivity index (χ1) is 48.4. The van der Waals surface area contributed by atoms with Gasteiger partial charge < -0.3 is 39.7 Å². The van der Waals surface area contributed by atoms with Crippen LogP contribution in [0.2, 0.25) is 0 Å². The maximum absolute atomic E-state index is 13.7. The number of benzene rings is 5. The van der Waals surface area contributed by atoms with Gasteiger partial charge in [0.1, 0.15) is 11.5 Å². The molecule has 0 radical (unpaired) electrons. The van der Waals surface area contributed by atoms with Crippen LogP contribution in [-0.2, 0) is 35.8 Å². The first-order valence-electron chi connectivity index (χ1n) is 35.7. The van der Waals surface area contributed by atoms with Crippen molar-refractivity contribution in [2.24, 2.45) is 0 Å². The Labute approximate surface area is 593 Å². The highest BCUT2D eigenvalue weighted by atomic mass is 19.1. The minimum Gasteiger partial charge on any atom is -0.491 e. The summed E-state index contributed by atoms with van der Waals surface area (Å²) in [5.41, 5.74) is 15.1. The second-order valence-corrected chi connectivity index (χ2v) is 26.4. The number of nitrogens with one attached hydrogen (secondary N) is 5. The lowest BCUT2D eigenvalue weighted by molar-refractivity contribution is -0.113. The molecule has 9 aromatic rings. The van der Waals surface area contributed by atoms with Crippen LogP contribution in [0.1, 0.15) is 154 Å². The predicted molar refractivity (Wildman–Crippen MR) is 407 cm³/mol. The van der Waals surface area contributed by atoms with Crippen molar-refractivity contribution >= 4 is 23.2 Å². The number of ether oxygens (including phenoxy) is 2. The number of para-hydroxylation sites is 1. The molecular formula is C81H109FN14O4. The van der Waals surface area contributed by atoms with Crippen LogP contribution < -0.4 is 20.1 Å². The van der Waals surface area contributed by atoms with E-state index in [1.165, 1.54) is 93.9 Å². The molecule has 10 rings (SSSR count). The highest BCUT2D eigenvalue weighted by Crippen LogP contribution is 2.34. The van der Waals surface area contributed by atoms with Gasteiger partial charge in [-0.1, -0.05) is 116 Å². The van der Waals surface area contributed by atoms with Gasteiger partial charge in [-0.3, -0.25) is 29.6 Å². The van der Waals surface area contributed by atoms with Crippen LogP contribution in [0.25, 0.3) is 45.0 Å². The number of halogens is 1. The van der Waals surface area contributed by atoms with E-state index in [4.69, 9.17) is 14.6 Å². The first-order valence-corrected chi connectivity index (χ1v) is 35.7. The highest BCUT2D eigenvalue weighted by molar-refractivity contribution is 6.03. The number of carbonyl (C=O) groups is 2. The third-order valence-electron chi connectivity index (χ3n) is 17.1. The zero-order valence-corrected chi connectivity index (χ0v) is 61.2. The molecule has 1 aliphatic carbocycles. The Morgan fingerprint density at radius 3 is 1.54 bits per heavy atom. The van der Waals surface area contributed by atoms with E-state index >= 15 is 0 Å². The van der Waals surface area contributed by atoms with E-state index in [1.807, 2.05) is 91.4 Å². The van der Waals surface area contributed by atoms with E-state index < -0.39 is 0 Å². The number of rotatable bonds is 32. The molecule has 18 nitrogen and oxygen atoms in total. The largest absolute Gasteiger partial charge is 0.491 e. The van der Waals surface area contributed by atoms with Crippen LogP contribution in [0.3, 0.4) is 0 Å². The summed E-state index contributed by atoms with van der Waals surface area (Å²) in [6.07, 6.45) is 24.2. The SMILES string of the molecule is C=C(C)C(=O)Nc1cccc(-c2[nH]ncc2CN(C)CCCC)c1.C=CC(=O)Nc1cccc(-c2[nH]ncc2CN(C)CCCC)c1.CCCCN(C)Cc1cn(C2CCCCC2)nc1-c1ccc(OC(C)C)cc1.CCCN(C)Cc1cn[nH]c1-c1ccc(Oc2ccccc2F)cc1. The number of carbonyl (C=O) groups excluding carboxylic acids is 2. The van der Waals surface area contributed by atoms with Gasteiger partial charge in [0.25, 0.3) is 5.91 Å². The molecule has 100 heavy (non-hydrogen) atoms. The van der Waals surface area contributed by atoms with Gasteiger partial charge in [-0.15, -0.1) is 0 Å². The standard InChI is InChI=1S/C24H37N3O.C20H22FN3O.C19H26N4O.C18H24N4O/c1-5-6-16-26(4)17-21-18-27(22-10-8-7-9-11-22)25-24(21)20-12-14-23(15-13-20)28-19(2)3;1-3-12-24(2)14-16-13-22-23-20(16)15-8-10-17(11-9-15)25-19-7-5-4-6-18(19)21;1-5-6-10-23(4)13-16-12-20-22-18(16)15-8-7-9-17(11-15)21-19(24)14(2)3;1-4-6-10-22(3)13-15-12-19-21-18(15)14-8-7-9-16(11-14)20-17(23)5-2/h12-15,18-19,22H,5-11,16-17H2,1-4H3;4-11,13H,3,12,14H2,1-2H3,(H,22,23);7-9,11-12H,2,5-6,10,13H2,1,3-4H3,(H,20,22)(H,21,24);5,7-9,11-12H,2,4,6,10,13H2,1,3H3,(H,19,21)(H,20,23). The molecule has 19 heteroatoms. The summed E-state index contributed by atoms with van der Waals surface area (Å²) in [4.78, 5) is 32.5. The number of H-pyrrole nitrogens is 3. The van der Waals surface area contributed by atoms with Gasteiger partial charge in [0.05, 0.1) is 53.5 Å². The van der Waals surface area contributed by atoms with E-state index in [1.54, 1.807) is 25.1 Å². The third-order valence-corrected chi connectivity index (χ3v) is 17.1. The van der Waals surface area contributed by atoms with E-state index in [0.717, 1.165) is 132 Å². The lowest BCUT2D eigenvalue weighted by atomic mass is 9.96. The number of aromatic amines is 3. The highest BCUT2D eigenvalue weighted by Gasteiger charge is 2.21. The Morgan fingerprint density at radius 1 is 0.590 bits per heavy atom. The second kappa shape index (κ2) is 41.3. The molecule has 5 aromatic carbocycles. The van der Waals surface area contributed by atoms with Gasteiger partial charge >= 0.3 is 0 Å². The molecule has 1 fully saturated rings. The molecule has 5 N–H and O–H groups in total. The van der Waals surface area contributed by atoms with Crippen molar-refractivity contribution in [2.75, 3.05) is 65.0 Å². The third kappa shape index (κ3) is 25.2. The number of hydrogen-bond acceptors (Lipinski definition) is 12. The summed E-state index contributed by atoms with van der Waals surface area (Å²) in [5.74, 6) is 0.979. The molecule has 0 aliphatic heterocycles. The predicted octanol–water partition coefficient (Wildman–Crippen LogP) is 18.2. The lowest BCUT2D eigenvalue weighted by Gasteiger charge is -2.21. The number of anilines is 2. The summed E-state index contributed by atoms with van der Waals surface area (Å²) >= 11 is 0. The van der Waals surface area contributed by atoms with Gasteiger partial charge in [0.15, 0.2) is 11.6 Å². The Bertz CT molecular complexity index is 3900. The summed E-state index contributed by atoms with van der Waals surface area (Å²) in [6.45, 7) is 29.5. The summed E-state index contributed by atoms with van der Waals surface area (Å²) in [6, 6.07) is 38.4. The average Bonchev–Trinajstić information content (AvgIpc) is 1.66. The molecule has 0 atom stereocenters. The fraction of sp³-hybridized carbons (Fsp3) is 0.407. The van der Waals surface area contributed by atoms with E-state index in [-0.39, 0.29) is 29.5 Å². The Balaban J connectivity index is 0.000000188. The van der Waals surface area contributed by atoms with Crippen LogP contribution in [0, 0.1) is 5.82 Å². The number of hydrogen-bond donors (Lipinski definition) is 5. The van der Waals surface area contributed by atoms with Crippen LogP contribution in [0.15, 0.2) is 171 Å². The van der Waals surface area contributed by atoms with Crippen LogP contribution in [0.5, 0.6) is 17.2 Å². The van der Waals surface area contributed by atoms with Crippen LogP contribution in [-0.4, -0.2) is 132 Å². The molecule has 534 valence electrons. The molecule has 2 amide bonds. The molecule has 0 bridgehead atoms. The van der Waals surface area contributed by atoms with Gasteiger partial charge in [0.2, 0.25) is 5.91 Å². The Kier molecular flexibility index (Phi) is 32.3. The van der Waals surface area contributed by atoms with Crippen molar-refractivity contribution in [3.05, 3.63) is 199 Å². The van der Waals surface area contributed by atoms with E-state index in [2.05, 4.69) is 179 Å². The Hall–Kier alpha value is -9.27. The lowest BCUT2D eigenvalue weighted by Crippen LogP contribution is -2.19. The summed E-state index contributed by atoms with van der Waals surface area (Å²) < 4.78 is 27.3. The van der Waals surface area contributed by atoms with Crippen molar-refractivity contribution in [3.8, 4) is 62.3 Å². The smallest absolute Gasteiger partial charge is 0.250 e. The molecule has 0 saturated heterocycles. The second-order valence-electron chi connectivity index (χ2n) is 26.4. The van der Waals surface area contributed by atoms with Crippen molar-refractivity contribution in [1.29, 1.82) is 0 Å². The Morgan fingerprint density at radius 2 is 1.06 bits per heavy atom. The maximum atomic E-state index is 13.7. The van der Waals surface area contributed by atoms with Crippen LogP contribution >= 0.6 is 0 Å².